The molecule has 1 amide bonds. The highest BCUT2D eigenvalue weighted by molar-refractivity contribution is 7.09. The summed E-state index contributed by atoms with van der Waals surface area (Å²) in [5.74, 6) is 0.00468. The first-order chi connectivity index (χ1) is 9.02. The third-order valence-electron chi connectivity index (χ3n) is 2.69. The number of carbonyl (C=O) groups is 1. The van der Waals surface area contributed by atoms with Crippen LogP contribution in [0.5, 0.6) is 0 Å². The maximum absolute atomic E-state index is 11.9. The second kappa shape index (κ2) is 5.97. The maximum Gasteiger partial charge on any atom is 0.226 e. The summed E-state index contributed by atoms with van der Waals surface area (Å²) in [4.78, 5) is 16.1. The average molecular weight is 278 g/mol. The minimum Gasteiger partial charge on any atom is -0.353 e. The van der Waals surface area contributed by atoms with Crippen LogP contribution in [-0.4, -0.2) is 27.1 Å². The van der Waals surface area contributed by atoms with E-state index in [1.807, 2.05) is 32.2 Å². The van der Waals surface area contributed by atoms with Crippen molar-refractivity contribution in [3.63, 3.8) is 0 Å². The standard InChI is InChI=1S/C13H18N4OS/c1-8(4-11-5-9(2)16-17-11)14-13(18)6-12-7-19-10(3)15-12/h5,7-8H,4,6H2,1-3H3,(H,14,18)(H,16,17). The van der Waals surface area contributed by atoms with E-state index in [0.29, 0.717) is 6.42 Å². The number of nitrogens with zero attached hydrogens (tertiary/aromatic N) is 2. The number of amides is 1. The molecule has 2 aromatic heterocycles. The molecule has 5 nitrogen and oxygen atoms in total. The molecule has 0 aliphatic rings. The molecule has 2 aromatic rings. The molecule has 1 unspecified atom stereocenters. The Balaban J connectivity index is 1.81. The molecule has 0 aliphatic carbocycles. The summed E-state index contributed by atoms with van der Waals surface area (Å²) in [7, 11) is 0. The molecule has 2 rings (SSSR count). The fraction of sp³-hybridized carbons (Fsp3) is 0.462. The number of carbonyl (C=O) groups excluding carboxylic acids is 1. The van der Waals surface area contributed by atoms with Gasteiger partial charge in [-0.1, -0.05) is 0 Å². The van der Waals surface area contributed by atoms with E-state index in [2.05, 4.69) is 20.5 Å². The molecule has 0 fully saturated rings. The lowest BCUT2D eigenvalue weighted by atomic mass is 10.1. The van der Waals surface area contributed by atoms with Crippen LogP contribution >= 0.6 is 11.3 Å². The van der Waals surface area contributed by atoms with Crippen LogP contribution in [0, 0.1) is 13.8 Å². The molecule has 0 saturated heterocycles. The van der Waals surface area contributed by atoms with Gasteiger partial charge in [-0.3, -0.25) is 9.89 Å². The number of aromatic nitrogens is 3. The zero-order valence-electron chi connectivity index (χ0n) is 11.4. The van der Waals surface area contributed by atoms with Crippen molar-refractivity contribution in [1.29, 1.82) is 0 Å². The second-order valence-corrected chi connectivity index (χ2v) is 5.81. The Kier molecular flexibility index (Phi) is 4.31. The highest BCUT2D eigenvalue weighted by atomic mass is 32.1. The molecule has 1 atom stereocenters. The van der Waals surface area contributed by atoms with Gasteiger partial charge >= 0.3 is 0 Å². The molecule has 102 valence electrons. The predicted octanol–water partition coefficient (Wildman–Crippen LogP) is 1.77. The first kappa shape index (κ1) is 13.7. The molecule has 0 radical (unpaired) electrons. The van der Waals surface area contributed by atoms with Crippen molar-refractivity contribution in [3.8, 4) is 0 Å². The van der Waals surface area contributed by atoms with Crippen LogP contribution in [0.2, 0.25) is 0 Å². The minimum atomic E-state index is 0.00468. The SMILES string of the molecule is Cc1cc(CC(C)NC(=O)Cc2csc(C)n2)n[nH]1. The third kappa shape index (κ3) is 4.17. The molecule has 2 heterocycles. The molecular formula is C13H18N4OS. The Labute approximate surface area is 116 Å². The monoisotopic (exact) mass is 278 g/mol. The third-order valence-corrected chi connectivity index (χ3v) is 3.51. The van der Waals surface area contributed by atoms with Crippen molar-refractivity contribution in [2.24, 2.45) is 0 Å². The number of nitrogens with one attached hydrogen (secondary N) is 2. The van der Waals surface area contributed by atoms with Gasteiger partial charge in [-0.05, 0) is 26.8 Å². The zero-order chi connectivity index (χ0) is 13.8. The van der Waals surface area contributed by atoms with Gasteiger partial charge in [0, 0.05) is 23.5 Å². The van der Waals surface area contributed by atoms with Crippen molar-refractivity contribution in [1.82, 2.24) is 20.5 Å². The molecular weight excluding hydrogens is 260 g/mol. The first-order valence-corrected chi connectivity index (χ1v) is 7.12. The van der Waals surface area contributed by atoms with Gasteiger partial charge in [-0.15, -0.1) is 11.3 Å². The summed E-state index contributed by atoms with van der Waals surface area (Å²) >= 11 is 1.57. The highest BCUT2D eigenvalue weighted by Gasteiger charge is 2.11. The predicted molar refractivity (Wildman–Crippen MR) is 75.2 cm³/mol. The Morgan fingerprint density at radius 1 is 1.47 bits per heavy atom. The van der Waals surface area contributed by atoms with Crippen molar-refractivity contribution in [3.05, 3.63) is 33.5 Å². The number of hydrogen-bond donors (Lipinski definition) is 2. The number of aryl methyl sites for hydroxylation is 2. The number of H-pyrrole nitrogens is 1. The van der Waals surface area contributed by atoms with Crippen LogP contribution in [0.1, 0.15) is 29.0 Å². The fourth-order valence-electron chi connectivity index (χ4n) is 1.92. The molecule has 6 heteroatoms. The van der Waals surface area contributed by atoms with E-state index >= 15 is 0 Å². The van der Waals surface area contributed by atoms with Gasteiger partial charge < -0.3 is 5.32 Å². The van der Waals surface area contributed by atoms with Crippen LogP contribution in [0.15, 0.2) is 11.4 Å². The number of thiazole rings is 1. The molecule has 0 aromatic carbocycles. The van der Waals surface area contributed by atoms with E-state index in [-0.39, 0.29) is 11.9 Å². The summed E-state index contributed by atoms with van der Waals surface area (Å²) in [6, 6.07) is 2.06. The van der Waals surface area contributed by atoms with Gasteiger partial charge in [0.15, 0.2) is 0 Å². The van der Waals surface area contributed by atoms with E-state index in [4.69, 9.17) is 0 Å². The lowest BCUT2D eigenvalue weighted by Gasteiger charge is -2.11. The van der Waals surface area contributed by atoms with Gasteiger partial charge in [0.05, 0.1) is 22.8 Å². The lowest BCUT2D eigenvalue weighted by molar-refractivity contribution is -0.121. The summed E-state index contributed by atoms with van der Waals surface area (Å²) in [5, 5.41) is 12.9. The molecule has 0 bridgehead atoms. The number of aromatic amines is 1. The summed E-state index contributed by atoms with van der Waals surface area (Å²) in [6.07, 6.45) is 1.07. The van der Waals surface area contributed by atoms with Crippen LogP contribution in [0.3, 0.4) is 0 Å². The van der Waals surface area contributed by atoms with E-state index in [0.717, 1.165) is 28.5 Å². The number of hydrogen-bond acceptors (Lipinski definition) is 4. The van der Waals surface area contributed by atoms with Gasteiger partial charge in [-0.25, -0.2) is 4.98 Å². The van der Waals surface area contributed by atoms with Crippen LogP contribution < -0.4 is 5.32 Å². The average Bonchev–Trinajstić information content (AvgIpc) is 2.87. The van der Waals surface area contributed by atoms with Gasteiger partial charge in [0.2, 0.25) is 5.91 Å². The van der Waals surface area contributed by atoms with Crippen LogP contribution in [0.25, 0.3) is 0 Å². The van der Waals surface area contributed by atoms with Crippen molar-refractivity contribution < 1.29 is 4.79 Å². The first-order valence-electron chi connectivity index (χ1n) is 6.24. The molecule has 0 spiro atoms. The quantitative estimate of drug-likeness (QED) is 0.875. The largest absolute Gasteiger partial charge is 0.353 e. The molecule has 0 aliphatic heterocycles. The van der Waals surface area contributed by atoms with Crippen molar-refractivity contribution >= 4 is 17.2 Å². The van der Waals surface area contributed by atoms with E-state index in [9.17, 15) is 4.79 Å². The van der Waals surface area contributed by atoms with E-state index in [1.165, 1.54) is 0 Å². The minimum absolute atomic E-state index is 0.00468. The van der Waals surface area contributed by atoms with Crippen molar-refractivity contribution in [2.45, 2.75) is 39.7 Å². The Morgan fingerprint density at radius 2 is 2.26 bits per heavy atom. The van der Waals surface area contributed by atoms with Crippen LogP contribution in [-0.2, 0) is 17.6 Å². The molecule has 0 saturated carbocycles. The van der Waals surface area contributed by atoms with E-state index < -0.39 is 0 Å². The highest BCUT2D eigenvalue weighted by Crippen LogP contribution is 2.08. The Hall–Kier alpha value is -1.69. The van der Waals surface area contributed by atoms with Gasteiger partial charge in [0.25, 0.3) is 0 Å². The Morgan fingerprint density at radius 3 is 2.84 bits per heavy atom. The fourth-order valence-corrected chi connectivity index (χ4v) is 2.54. The summed E-state index contributed by atoms with van der Waals surface area (Å²) in [6.45, 7) is 5.88. The lowest BCUT2D eigenvalue weighted by Crippen LogP contribution is -2.35. The Bertz CT molecular complexity index is 560. The number of rotatable bonds is 5. The molecule has 2 N–H and O–H groups in total. The topological polar surface area (TPSA) is 70.7 Å². The van der Waals surface area contributed by atoms with Crippen molar-refractivity contribution in [2.75, 3.05) is 0 Å². The van der Waals surface area contributed by atoms with Gasteiger partial charge in [0.1, 0.15) is 0 Å². The zero-order valence-corrected chi connectivity index (χ0v) is 12.2. The van der Waals surface area contributed by atoms with Crippen LogP contribution in [0.4, 0.5) is 0 Å². The second-order valence-electron chi connectivity index (χ2n) is 4.75. The molecule has 19 heavy (non-hydrogen) atoms. The van der Waals surface area contributed by atoms with E-state index in [1.54, 1.807) is 11.3 Å². The smallest absolute Gasteiger partial charge is 0.226 e. The maximum atomic E-state index is 11.9. The summed E-state index contributed by atoms with van der Waals surface area (Å²) < 4.78 is 0. The van der Waals surface area contributed by atoms with Gasteiger partial charge in [-0.2, -0.15) is 5.10 Å². The summed E-state index contributed by atoms with van der Waals surface area (Å²) in [5.41, 5.74) is 2.84. The normalized spacial score (nSPS) is 12.4.